The summed E-state index contributed by atoms with van der Waals surface area (Å²) in [7, 11) is 3.21. The second-order valence-electron chi connectivity index (χ2n) is 5.92. The van der Waals surface area contributed by atoms with Crippen molar-refractivity contribution >= 4 is 51.6 Å². The van der Waals surface area contributed by atoms with E-state index >= 15 is 0 Å². The number of guanidine groups is 1. The van der Waals surface area contributed by atoms with Crippen LogP contribution < -0.4 is 20.5 Å². The number of aliphatic imine (C=N–C) groups is 1. The number of rotatable bonds is 6. The average Bonchev–Trinajstić information content (AvgIpc) is 2.59. The highest BCUT2D eigenvalue weighted by Gasteiger charge is 2.10. The van der Waals surface area contributed by atoms with Crippen molar-refractivity contribution in [3.8, 4) is 11.5 Å². The highest BCUT2D eigenvalue weighted by atomic mass is 127. The van der Waals surface area contributed by atoms with Crippen molar-refractivity contribution in [1.29, 1.82) is 0 Å². The summed E-state index contributed by atoms with van der Waals surface area (Å²) < 4.78 is 11.5. The number of halogens is 2. The first-order chi connectivity index (χ1) is 11.9. The first-order valence-corrected chi connectivity index (χ1v) is 8.81. The summed E-state index contributed by atoms with van der Waals surface area (Å²) >= 11 is 3.48. The van der Waals surface area contributed by atoms with Gasteiger partial charge in [-0.2, -0.15) is 0 Å². The zero-order valence-electron chi connectivity index (χ0n) is 15.4. The van der Waals surface area contributed by atoms with Crippen LogP contribution >= 0.6 is 39.9 Å². The summed E-state index contributed by atoms with van der Waals surface area (Å²) in [4.78, 5) is 4.40. The molecule has 0 spiro atoms. The SMILES string of the molecule is COc1cc(CN=C(N)Nc2cccc(C(C)C)c2)cc(Br)c1OC.I. The van der Waals surface area contributed by atoms with E-state index in [0.717, 1.165) is 15.7 Å². The molecule has 7 heteroatoms. The number of nitrogens with zero attached hydrogens (tertiary/aromatic N) is 1. The monoisotopic (exact) mass is 533 g/mol. The Balaban J connectivity index is 0.00000338. The van der Waals surface area contributed by atoms with Gasteiger partial charge >= 0.3 is 0 Å². The van der Waals surface area contributed by atoms with Crippen molar-refractivity contribution in [2.45, 2.75) is 26.3 Å². The molecule has 0 saturated carbocycles. The van der Waals surface area contributed by atoms with Crippen molar-refractivity contribution in [3.05, 3.63) is 52.0 Å². The molecular formula is C19H25BrIN3O2. The van der Waals surface area contributed by atoms with Gasteiger partial charge < -0.3 is 20.5 Å². The molecule has 0 heterocycles. The molecule has 0 aliphatic heterocycles. The molecule has 3 N–H and O–H groups in total. The molecule has 0 aromatic heterocycles. The minimum Gasteiger partial charge on any atom is -0.493 e. The van der Waals surface area contributed by atoms with E-state index in [1.54, 1.807) is 14.2 Å². The van der Waals surface area contributed by atoms with Gasteiger partial charge in [-0.25, -0.2) is 4.99 Å². The maximum absolute atomic E-state index is 6.02. The molecule has 2 aromatic carbocycles. The molecular weight excluding hydrogens is 509 g/mol. The number of nitrogens with one attached hydrogen (secondary N) is 1. The van der Waals surface area contributed by atoms with E-state index in [1.807, 2.05) is 24.3 Å². The molecule has 5 nitrogen and oxygen atoms in total. The molecule has 2 aromatic rings. The maximum atomic E-state index is 6.02. The predicted molar refractivity (Wildman–Crippen MR) is 122 cm³/mol. The second kappa shape index (κ2) is 10.6. The van der Waals surface area contributed by atoms with Crippen LogP contribution in [0.3, 0.4) is 0 Å². The van der Waals surface area contributed by atoms with Crippen LogP contribution in [0.25, 0.3) is 0 Å². The molecule has 142 valence electrons. The first-order valence-electron chi connectivity index (χ1n) is 8.02. The molecule has 0 aliphatic rings. The molecule has 0 amide bonds. The fourth-order valence-corrected chi connectivity index (χ4v) is 3.05. The van der Waals surface area contributed by atoms with Crippen LogP contribution in [0.4, 0.5) is 5.69 Å². The van der Waals surface area contributed by atoms with Gasteiger partial charge in [-0.3, -0.25) is 0 Å². The zero-order valence-corrected chi connectivity index (χ0v) is 19.3. The Morgan fingerprint density at radius 1 is 1.19 bits per heavy atom. The Morgan fingerprint density at radius 2 is 1.92 bits per heavy atom. The van der Waals surface area contributed by atoms with Crippen molar-refractivity contribution in [3.63, 3.8) is 0 Å². The van der Waals surface area contributed by atoms with Gasteiger partial charge in [-0.15, -0.1) is 24.0 Å². The van der Waals surface area contributed by atoms with E-state index in [1.165, 1.54) is 5.56 Å². The molecule has 0 atom stereocenters. The molecule has 0 aliphatic carbocycles. The standard InChI is InChI=1S/C19H24BrN3O2.HI/c1-12(2)14-6-5-7-15(10-14)23-19(21)22-11-13-8-16(20)18(25-4)17(9-13)24-3;/h5-10,12H,11H2,1-4H3,(H3,21,22,23);1H. The van der Waals surface area contributed by atoms with Gasteiger partial charge in [0.2, 0.25) is 0 Å². The fourth-order valence-electron chi connectivity index (χ4n) is 2.40. The molecule has 0 unspecified atom stereocenters. The lowest BCUT2D eigenvalue weighted by Gasteiger charge is -2.12. The summed E-state index contributed by atoms with van der Waals surface area (Å²) in [5.41, 5.74) is 9.16. The number of methoxy groups -OCH3 is 2. The molecule has 26 heavy (non-hydrogen) atoms. The minimum atomic E-state index is 0. The third kappa shape index (κ3) is 6.05. The lowest BCUT2D eigenvalue weighted by molar-refractivity contribution is 0.352. The summed E-state index contributed by atoms with van der Waals surface area (Å²) in [6.45, 7) is 4.75. The number of benzene rings is 2. The smallest absolute Gasteiger partial charge is 0.193 e. The van der Waals surface area contributed by atoms with E-state index < -0.39 is 0 Å². The Bertz CT molecular complexity index is 766. The number of anilines is 1. The minimum absolute atomic E-state index is 0. The predicted octanol–water partition coefficient (Wildman–Crippen LogP) is 5.13. The summed E-state index contributed by atoms with van der Waals surface area (Å²) in [5, 5.41) is 3.13. The van der Waals surface area contributed by atoms with E-state index in [0.29, 0.717) is 29.9 Å². The van der Waals surface area contributed by atoms with Gasteiger partial charge in [0.1, 0.15) is 0 Å². The largest absolute Gasteiger partial charge is 0.493 e. The van der Waals surface area contributed by atoms with Gasteiger partial charge in [0.15, 0.2) is 17.5 Å². The van der Waals surface area contributed by atoms with Crippen molar-refractivity contribution in [1.82, 2.24) is 0 Å². The number of nitrogens with two attached hydrogens (primary N) is 1. The maximum Gasteiger partial charge on any atom is 0.193 e. The third-order valence-electron chi connectivity index (χ3n) is 3.75. The Morgan fingerprint density at radius 3 is 2.54 bits per heavy atom. The van der Waals surface area contributed by atoms with E-state index in [-0.39, 0.29) is 24.0 Å². The van der Waals surface area contributed by atoms with Crippen LogP contribution in [-0.2, 0) is 6.54 Å². The lowest BCUT2D eigenvalue weighted by atomic mass is 10.0. The van der Waals surface area contributed by atoms with Gasteiger partial charge in [0.25, 0.3) is 0 Å². The fraction of sp³-hybridized carbons (Fsp3) is 0.316. The third-order valence-corrected chi connectivity index (χ3v) is 4.34. The van der Waals surface area contributed by atoms with Crippen LogP contribution in [0.15, 0.2) is 45.9 Å². The van der Waals surface area contributed by atoms with Crippen molar-refractivity contribution < 1.29 is 9.47 Å². The van der Waals surface area contributed by atoms with Gasteiger partial charge in [0, 0.05) is 5.69 Å². The molecule has 0 saturated heterocycles. The second-order valence-corrected chi connectivity index (χ2v) is 6.77. The van der Waals surface area contributed by atoms with Crippen molar-refractivity contribution in [2.24, 2.45) is 10.7 Å². The van der Waals surface area contributed by atoms with E-state index in [2.05, 4.69) is 52.2 Å². The van der Waals surface area contributed by atoms with Gasteiger partial charge in [-0.1, -0.05) is 26.0 Å². The van der Waals surface area contributed by atoms with Crippen LogP contribution in [0, 0.1) is 0 Å². The van der Waals surface area contributed by atoms with Crippen LogP contribution in [0.1, 0.15) is 30.9 Å². The van der Waals surface area contributed by atoms with Crippen LogP contribution in [0.2, 0.25) is 0 Å². The quantitative estimate of drug-likeness (QED) is 0.306. The topological polar surface area (TPSA) is 68.9 Å². The lowest BCUT2D eigenvalue weighted by Crippen LogP contribution is -2.22. The molecule has 0 radical (unpaired) electrons. The van der Waals surface area contributed by atoms with E-state index in [9.17, 15) is 0 Å². The zero-order chi connectivity index (χ0) is 18.4. The highest BCUT2D eigenvalue weighted by Crippen LogP contribution is 2.36. The van der Waals surface area contributed by atoms with Gasteiger partial charge in [-0.05, 0) is 57.2 Å². The van der Waals surface area contributed by atoms with Crippen LogP contribution in [-0.4, -0.2) is 20.2 Å². The van der Waals surface area contributed by atoms with Crippen LogP contribution in [0.5, 0.6) is 11.5 Å². The summed E-state index contributed by atoms with van der Waals surface area (Å²) in [5.74, 6) is 2.14. The van der Waals surface area contributed by atoms with Gasteiger partial charge in [0.05, 0.1) is 25.2 Å². The van der Waals surface area contributed by atoms with Crippen molar-refractivity contribution in [2.75, 3.05) is 19.5 Å². The number of hydrogen-bond donors (Lipinski definition) is 2. The molecule has 0 fully saturated rings. The summed E-state index contributed by atoms with van der Waals surface area (Å²) in [6, 6.07) is 12.0. The Kier molecular flexibility index (Phi) is 9.21. The summed E-state index contributed by atoms with van der Waals surface area (Å²) in [6.07, 6.45) is 0. The molecule has 0 bridgehead atoms. The normalized spacial score (nSPS) is 11.1. The Labute approximate surface area is 180 Å². The average molecular weight is 534 g/mol. The first kappa shape index (κ1) is 22.6. The Hall–Kier alpha value is -1.48. The number of hydrogen-bond acceptors (Lipinski definition) is 3. The molecule has 2 rings (SSSR count). The highest BCUT2D eigenvalue weighted by molar-refractivity contribution is 14.0. The van der Waals surface area contributed by atoms with E-state index in [4.69, 9.17) is 15.2 Å². The number of ether oxygens (including phenoxy) is 2.